The van der Waals surface area contributed by atoms with Crippen molar-refractivity contribution in [1.82, 2.24) is 9.55 Å². The Balaban J connectivity index is 2.04. The highest BCUT2D eigenvalue weighted by molar-refractivity contribution is 9.10. The first-order valence-corrected chi connectivity index (χ1v) is 9.40. The highest BCUT2D eigenvalue weighted by Crippen LogP contribution is 2.30. The molecule has 2 aromatic carbocycles. The van der Waals surface area contributed by atoms with E-state index in [4.69, 9.17) is 17.2 Å². The van der Waals surface area contributed by atoms with Crippen molar-refractivity contribution in [3.63, 3.8) is 0 Å². The molecule has 120 valence electrons. The van der Waals surface area contributed by atoms with Gasteiger partial charge in [-0.25, -0.2) is 4.98 Å². The number of benzene rings is 2. The number of halogens is 1. The van der Waals surface area contributed by atoms with Gasteiger partial charge in [-0.3, -0.25) is 4.57 Å². The quantitative estimate of drug-likeness (QED) is 0.501. The third-order valence-corrected chi connectivity index (χ3v) is 5.37. The minimum atomic E-state index is 0.761. The van der Waals surface area contributed by atoms with Gasteiger partial charge in [-0.15, -0.1) is 0 Å². The molecule has 0 spiro atoms. The molecule has 1 aliphatic carbocycles. The van der Waals surface area contributed by atoms with Crippen molar-refractivity contribution in [3.8, 4) is 17.1 Å². The predicted molar refractivity (Wildman–Crippen MR) is 104 cm³/mol. The zero-order valence-corrected chi connectivity index (χ0v) is 15.6. The van der Waals surface area contributed by atoms with Gasteiger partial charge in [-0.2, -0.15) is 0 Å². The van der Waals surface area contributed by atoms with Gasteiger partial charge in [0, 0.05) is 27.0 Å². The second-order valence-electron chi connectivity index (χ2n) is 6.05. The van der Waals surface area contributed by atoms with Gasteiger partial charge >= 0.3 is 0 Å². The van der Waals surface area contributed by atoms with E-state index in [2.05, 4.69) is 56.9 Å². The van der Waals surface area contributed by atoms with Crippen LogP contribution >= 0.6 is 28.1 Å². The number of nitrogens with zero attached hydrogens (tertiary/aromatic N) is 2. The highest BCUT2D eigenvalue weighted by atomic mass is 79.9. The standard InChI is InChI=1S/C20H17BrN2S/c21-15-10-12-16(13-11-15)23-18-9-5-4-8-17(18)20(24)22-19(23)14-6-2-1-3-7-14/h1-3,6-7,10-13H,4-5,8-9H2. The molecule has 4 heteroatoms. The molecule has 0 aliphatic heterocycles. The van der Waals surface area contributed by atoms with Crippen molar-refractivity contribution in [2.75, 3.05) is 0 Å². The van der Waals surface area contributed by atoms with Crippen LogP contribution in [0.25, 0.3) is 17.1 Å². The maximum absolute atomic E-state index is 5.62. The van der Waals surface area contributed by atoms with Gasteiger partial charge in [0.05, 0.1) is 0 Å². The molecule has 3 aromatic rings. The molecule has 24 heavy (non-hydrogen) atoms. The number of rotatable bonds is 2. The van der Waals surface area contributed by atoms with Gasteiger partial charge in [-0.05, 0) is 49.9 Å². The maximum Gasteiger partial charge on any atom is 0.146 e. The molecule has 0 saturated heterocycles. The van der Waals surface area contributed by atoms with Gasteiger partial charge < -0.3 is 0 Å². The van der Waals surface area contributed by atoms with Crippen LogP contribution in [0.3, 0.4) is 0 Å². The second kappa shape index (κ2) is 6.61. The lowest BCUT2D eigenvalue weighted by atomic mass is 9.96. The molecule has 1 aromatic heterocycles. The number of aromatic nitrogens is 2. The van der Waals surface area contributed by atoms with E-state index >= 15 is 0 Å². The van der Waals surface area contributed by atoms with Crippen LogP contribution in [-0.4, -0.2) is 9.55 Å². The molecular weight excluding hydrogens is 380 g/mol. The topological polar surface area (TPSA) is 17.8 Å². The number of hydrogen-bond donors (Lipinski definition) is 0. The summed E-state index contributed by atoms with van der Waals surface area (Å²) in [5.74, 6) is 0.934. The summed E-state index contributed by atoms with van der Waals surface area (Å²) in [6, 6.07) is 18.7. The van der Waals surface area contributed by atoms with Crippen LogP contribution in [0.1, 0.15) is 24.1 Å². The first kappa shape index (κ1) is 15.7. The van der Waals surface area contributed by atoms with Gasteiger partial charge in [0.25, 0.3) is 0 Å². The molecule has 0 fully saturated rings. The molecule has 0 N–H and O–H groups in total. The first-order chi connectivity index (χ1) is 11.7. The molecule has 4 rings (SSSR count). The zero-order valence-electron chi connectivity index (χ0n) is 13.2. The normalized spacial score (nSPS) is 13.5. The Hall–Kier alpha value is -1.78. The minimum Gasteiger partial charge on any atom is -0.298 e. The van der Waals surface area contributed by atoms with Crippen LogP contribution in [0.2, 0.25) is 0 Å². The fraction of sp³-hybridized carbons (Fsp3) is 0.200. The molecule has 0 saturated carbocycles. The Labute approximate surface area is 155 Å². The van der Waals surface area contributed by atoms with E-state index in [1.165, 1.54) is 24.1 Å². The zero-order chi connectivity index (χ0) is 16.5. The van der Waals surface area contributed by atoms with Gasteiger partial charge in [0.2, 0.25) is 0 Å². The van der Waals surface area contributed by atoms with Gasteiger partial charge in [-0.1, -0.05) is 58.5 Å². The maximum atomic E-state index is 5.62. The Morgan fingerprint density at radius 2 is 1.62 bits per heavy atom. The van der Waals surface area contributed by atoms with Crippen LogP contribution in [0.15, 0.2) is 59.1 Å². The minimum absolute atomic E-state index is 0.761. The van der Waals surface area contributed by atoms with Crippen LogP contribution < -0.4 is 0 Å². The number of hydrogen-bond acceptors (Lipinski definition) is 2. The summed E-state index contributed by atoms with van der Waals surface area (Å²) in [4.78, 5) is 4.82. The SMILES string of the molecule is S=c1nc(-c2ccccc2)n(-c2ccc(Br)cc2)c2c1CCCC2. The third-order valence-electron chi connectivity index (χ3n) is 4.50. The average Bonchev–Trinajstić information content (AvgIpc) is 2.63. The second-order valence-corrected chi connectivity index (χ2v) is 7.35. The summed E-state index contributed by atoms with van der Waals surface area (Å²) in [6.07, 6.45) is 4.49. The predicted octanol–water partition coefficient (Wildman–Crippen LogP) is 5.91. The highest BCUT2D eigenvalue weighted by Gasteiger charge is 2.20. The molecular formula is C20H17BrN2S. The average molecular weight is 397 g/mol. The Morgan fingerprint density at radius 3 is 2.38 bits per heavy atom. The molecule has 1 aliphatic rings. The van der Waals surface area contributed by atoms with Gasteiger partial charge in [0.15, 0.2) is 0 Å². The molecule has 0 radical (unpaired) electrons. The summed E-state index contributed by atoms with van der Waals surface area (Å²) in [5.41, 5.74) is 4.80. The fourth-order valence-corrected chi connectivity index (χ4v) is 3.93. The molecule has 0 unspecified atom stereocenters. The summed E-state index contributed by atoms with van der Waals surface area (Å²) in [6.45, 7) is 0. The van der Waals surface area contributed by atoms with Crippen LogP contribution in [0.5, 0.6) is 0 Å². The van der Waals surface area contributed by atoms with Crippen LogP contribution in [-0.2, 0) is 12.8 Å². The molecule has 0 atom stereocenters. The summed E-state index contributed by atoms with van der Waals surface area (Å²) in [7, 11) is 0. The van der Waals surface area contributed by atoms with Gasteiger partial charge in [0.1, 0.15) is 10.5 Å². The summed E-state index contributed by atoms with van der Waals surface area (Å²) in [5, 5.41) is 0. The van der Waals surface area contributed by atoms with Crippen molar-refractivity contribution >= 4 is 28.1 Å². The lowest BCUT2D eigenvalue weighted by Gasteiger charge is -2.24. The molecule has 0 bridgehead atoms. The Bertz CT molecular complexity index is 930. The Kier molecular flexibility index (Phi) is 4.33. The summed E-state index contributed by atoms with van der Waals surface area (Å²) < 4.78 is 4.14. The van der Waals surface area contributed by atoms with Crippen molar-refractivity contribution in [2.45, 2.75) is 25.7 Å². The van der Waals surface area contributed by atoms with Crippen molar-refractivity contribution in [2.24, 2.45) is 0 Å². The monoisotopic (exact) mass is 396 g/mol. The van der Waals surface area contributed by atoms with E-state index in [1.54, 1.807) is 0 Å². The first-order valence-electron chi connectivity index (χ1n) is 8.20. The third kappa shape index (κ3) is 2.85. The smallest absolute Gasteiger partial charge is 0.146 e. The molecule has 1 heterocycles. The van der Waals surface area contributed by atoms with E-state index in [9.17, 15) is 0 Å². The number of fused-ring (bicyclic) bond motifs is 1. The van der Waals surface area contributed by atoms with E-state index < -0.39 is 0 Å². The van der Waals surface area contributed by atoms with Crippen LogP contribution in [0, 0.1) is 4.64 Å². The molecule has 0 amide bonds. The lowest BCUT2D eigenvalue weighted by Crippen LogP contribution is -2.17. The Morgan fingerprint density at radius 1 is 0.917 bits per heavy atom. The lowest BCUT2D eigenvalue weighted by molar-refractivity contribution is 0.642. The van der Waals surface area contributed by atoms with E-state index in [-0.39, 0.29) is 0 Å². The van der Waals surface area contributed by atoms with Crippen LogP contribution in [0.4, 0.5) is 0 Å². The van der Waals surface area contributed by atoms with E-state index in [0.717, 1.165) is 39.0 Å². The van der Waals surface area contributed by atoms with E-state index in [1.807, 2.05) is 18.2 Å². The fourth-order valence-electron chi connectivity index (χ4n) is 3.36. The van der Waals surface area contributed by atoms with Crippen molar-refractivity contribution in [1.29, 1.82) is 0 Å². The largest absolute Gasteiger partial charge is 0.298 e. The molecule has 2 nitrogen and oxygen atoms in total. The van der Waals surface area contributed by atoms with E-state index in [0.29, 0.717) is 0 Å². The van der Waals surface area contributed by atoms with Crippen molar-refractivity contribution in [3.05, 3.63) is 75.0 Å². The van der Waals surface area contributed by atoms with Crippen molar-refractivity contribution < 1.29 is 0 Å². The summed E-state index contributed by atoms with van der Waals surface area (Å²) >= 11 is 9.15.